The lowest BCUT2D eigenvalue weighted by Gasteiger charge is -2.34. The zero-order valence-corrected chi connectivity index (χ0v) is 15.1. The Balaban J connectivity index is 0.00000242. The maximum absolute atomic E-state index is 12.5. The number of rotatable bonds is 5. The summed E-state index contributed by atoms with van der Waals surface area (Å²) in [7, 11) is -0.956. The molecule has 0 saturated carbocycles. The van der Waals surface area contributed by atoms with Crippen molar-refractivity contribution in [2.24, 2.45) is 0 Å². The first kappa shape index (κ1) is 19.7. The molecule has 22 heavy (non-hydrogen) atoms. The van der Waals surface area contributed by atoms with E-state index in [0.717, 1.165) is 25.9 Å². The van der Waals surface area contributed by atoms with E-state index in [0.29, 0.717) is 25.6 Å². The standard InChI is InChI=1S/C14H27N3O3S.ClH/c1-3-17(13-6-9-21(19,20)11-13)14(18)10-16(2)12-4-7-15-8-5-12;/h12-13,15H,3-11H2,1-2H3;1H. The van der Waals surface area contributed by atoms with Gasteiger partial charge in [-0.3, -0.25) is 9.69 Å². The summed E-state index contributed by atoms with van der Waals surface area (Å²) in [6, 6.07) is 0.315. The van der Waals surface area contributed by atoms with Crippen molar-refractivity contribution >= 4 is 28.2 Å². The Labute approximate surface area is 139 Å². The second-order valence-corrected chi connectivity index (χ2v) is 8.36. The molecule has 2 fully saturated rings. The lowest BCUT2D eigenvalue weighted by Crippen LogP contribution is -2.49. The average Bonchev–Trinajstić information content (AvgIpc) is 2.80. The largest absolute Gasteiger partial charge is 0.338 e. The minimum absolute atomic E-state index is 0. The van der Waals surface area contributed by atoms with Crippen LogP contribution < -0.4 is 5.32 Å². The Bertz CT molecular complexity index is 466. The third kappa shape index (κ3) is 5.08. The van der Waals surface area contributed by atoms with E-state index in [1.165, 1.54) is 0 Å². The maximum Gasteiger partial charge on any atom is 0.237 e. The van der Waals surface area contributed by atoms with Gasteiger partial charge < -0.3 is 10.2 Å². The molecular weight excluding hydrogens is 326 g/mol. The van der Waals surface area contributed by atoms with Gasteiger partial charge in [0.25, 0.3) is 0 Å². The van der Waals surface area contributed by atoms with E-state index < -0.39 is 9.84 Å². The topological polar surface area (TPSA) is 69.7 Å². The molecular formula is C14H28ClN3O3S. The van der Waals surface area contributed by atoms with Crippen LogP contribution in [0.15, 0.2) is 0 Å². The van der Waals surface area contributed by atoms with Crippen LogP contribution in [-0.4, -0.2) is 80.9 Å². The molecule has 0 aromatic rings. The molecule has 2 saturated heterocycles. The van der Waals surface area contributed by atoms with Crippen molar-refractivity contribution in [3.8, 4) is 0 Å². The fourth-order valence-corrected chi connectivity index (χ4v) is 5.07. The molecule has 2 aliphatic heterocycles. The molecule has 8 heteroatoms. The molecule has 1 unspecified atom stereocenters. The van der Waals surface area contributed by atoms with Gasteiger partial charge in [0.15, 0.2) is 9.84 Å². The predicted molar refractivity (Wildman–Crippen MR) is 90.2 cm³/mol. The normalized spacial score (nSPS) is 25.0. The molecule has 1 amide bonds. The van der Waals surface area contributed by atoms with Crippen LogP contribution in [0.1, 0.15) is 26.2 Å². The van der Waals surface area contributed by atoms with Crippen molar-refractivity contribution in [1.82, 2.24) is 15.1 Å². The molecule has 0 aromatic carbocycles. The Kier molecular flexibility index (Phi) is 7.58. The molecule has 1 atom stereocenters. The lowest BCUT2D eigenvalue weighted by molar-refractivity contribution is -0.134. The molecule has 0 spiro atoms. The Morgan fingerprint density at radius 2 is 1.82 bits per heavy atom. The molecule has 2 aliphatic rings. The number of hydrogen-bond acceptors (Lipinski definition) is 5. The minimum atomic E-state index is -2.95. The highest BCUT2D eigenvalue weighted by Gasteiger charge is 2.34. The third-order valence-electron chi connectivity index (χ3n) is 4.63. The van der Waals surface area contributed by atoms with Gasteiger partial charge in [-0.2, -0.15) is 0 Å². The first-order valence-electron chi connectivity index (χ1n) is 7.84. The number of nitrogens with zero attached hydrogens (tertiary/aromatic N) is 2. The van der Waals surface area contributed by atoms with E-state index in [2.05, 4.69) is 10.2 Å². The number of halogens is 1. The van der Waals surface area contributed by atoms with Crippen LogP contribution in [0.25, 0.3) is 0 Å². The van der Waals surface area contributed by atoms with Gasteiger partial charge in [-0.15, -0.1) is 12.4 Å². The number of carbonyl (C=O) groups excluding carboxylic acids is 1. The van der Waals surface area contributed by atoms with E-state index in [9.17, 15) is 13.2 Å². The summed E-state index contributed by atoms with van der Waals surface area (Å²) >= 11 is 0. The SMILES string of the molecule is CCN(C(=O)CN(C)C1CCNCC1)C1CCS(=O)(=O)C1.Cl. The molecule has 2 rings (SSSR count). The molecule has 0 aliphatic carbocycles. The lowest BCUT2D eigenvalue weighted by atomic mass is 10.1. The molecule has 130 valence electrons. The van der Waals surface area contributed by atoms with E-state index in [4.69, 9.17) is 0 Å². The zero-order valence-electron chi connectivity index (χ0n) is 13.5. The Hall–Kier alpha value is -0.370. The number of amides is 1. The first-order valence-corrected chi connectivity index (χ1v) is 9.66. The fraction of sp³-hybridized carbons (Fsp3) is 0.929. The quantitative estimate of drug-likeness (QED) is 0.760. The molecule has 6 nitrogen and oxygen atoms in total. The van der Waals surface area contributed by atoms with E-state index in [1.54, 1.807) is 4.90 Å². The highest BCUT2D eigenvalue weighted by atomic mass is 35.5. The van der Waals surface area contributed by atoms with E-state index >= 15 is 0 Å². The van der Waals surface area contributed by atoms with E-state index in [1.807, 2.05) is 14.0 Å². The van der Waals surface area contributed by atoms with Crippen LogP contribution in [0.4, 0.5) is 0 Å². The van der Waals surface area contributed by atoms with Crippen LogP contribution in [0.3, 0.4) is 0 Å². The maximum atomic E-state index is 12.5. The molecule has 2 heterocycles. The van der Waals surface area contributed by atoms with Crippen LogP contribution in [0.2, 0.25) is 0 Å². The second-order valence-electron chi connectivity index (χ2n) is 6.13. The highest BCUT2D eigenvalue weighted by Crippen LogP contribution is 2.18. The van der Waals surface area contributed by atoms with Crippen molar-refractivity contribution in [2.75, 3.05) is 44.7 Å². The number of hydrogen-bond donors (Lipinski definition) is 1. The molecule has 1 N–H and O–H groups in total. The number of likely N-dealkylation sites (N-methyl/N-ethyl adjacent to an activating group) is 2. The molecule has 0 bridgehead atoms. The molecule has 0 radical (unpaired) electrons. The summed E-state index contributed by atoms with van der Waals surface area (Å²) in [5, 5.41) is 3.32. The van der Waals surface area contributed by atoms with Crippen LogP contribution in [0.5, 0.6) is 0 Å². The van der Waals surface area contributed by atoms with Crippen molar-refractivity contribution in [3.63, 3.8) is 0 Å². The van der Waals surface area contributed by atoms with Gasteiger partial charge in [-0.25, -0.2) is 8.42 Å². The fourth-order valence-electron chi connectivity index (χ4n) is 3.34. The van der Waals surface area contributed by atoms with Gasteiger partial charge in [0.05, 0.1) is 18.1 Å². The van der Waals surface area contributed by atoms with Gasteiger partial charge in [0, 0.05) is 18.6 Å². The van der Waals surface area contributed by atoms with Gasteiger partial charge in [0.2, 0.25) is 5.91 Å². The minimum Gasteiger partial charge on any atom is -0.338 e. The smallest absolute Gasteiger partial charge is 0.237 e. The molecule has 0 aromatic heterocycles. The van der Waals surface area contributed by atoms with E-state index in [-0.39, 0.29) is 35.9 Å². The van der Waals surface area contributed by atoms with Crippen molar-refractivity contribution in [3.05, 3.63) is 0 Å². The number of carbonyl (C=O) groups is 1. The third-order valence-corrected chi connectivity index (χ3v) is 6.38. The van der Waals surface area contributed by atoms with Crippen LogP contribution in [0, 0.1) is 0 Å². The predicted octanol–water partition coefficient (Wildman–Crippen LogP) is 0.128. The Morgan fingerprint density at radius 3 is 2.32 bits per heavy atom. The Morgan fingerprint density at radius 1 is 1.18 bits per heavy atom. The first-order chi connectivity index (χ1) is 9.93. The summed E-state index contributed by atoms with van der Waals surface area (Å²) in [5.74, 6) is 0.399. The van der Waals surface area contributed by atoms with Gasteiger partial charge in [-0.1, -0.05) is 0 Å². The van der Waals surface area contributed by atoms with Crippen LogP contribution >= 0.6 is 12.4 Å². The average molecular weight is 354 g/mol. The summed E-state index contributed by atoms with van der Waals surface area (Å²) in [6.45, 7) is 4.89. The number of piperidine rings is 1. The number of sulfone groups is 1. The second kappa shape index (κ2) is 8.47. The van der Waals surface area contributed by atoms with Crippen molar-refractivity contribution < 1.29 is 13.2 Å². The highest BCUT2D eigenvalue weighted by molar-refractivity contribution is 7.91. The van der Waals surface area contributed by atoms with Crippen molar-refractivity contribution in [1.29, 1.82) is 0 Å². The van der Waals surface area contributed by atoms with Gasteiger partial charge >= 0.3 is 0 Å². The monoisotopic (exact) mass is 353 g/mol. The van der Waals surface area contributed by atoms with Gasteiger partial charge in [-0.05, 0) is 46.3 Å². The summed E-state index contributed by atoms with van der Waals surface area (Å²) < 4.78 is 23.2. The summed E-state index contributed by atoms with van der Waals surface area (Å²) in [4.78, 5) is 16.4. The van der Waals surface area contributed by atoms with Gasteiger partial charge in [0.1, 0.15) is 0 Å². The van der Waals surface area contributed by atoms with Crippen LogP contribution in [-0.2, 0) is 14.6 Å². The summed E-state index contributed by atoms with van der Waals surface area (Å²) in [6.07, 6.45) is 2.71. The van der Waals surface area contributed by atoms with Crippen molar-refractivity contribution in [2.45, 2.75) is 38.3 Å². The summed E-state index contributed by atoms with van der Waals surface area (Å²) in [5.41, 5.74) is 0. The number of nitrogens with one attached hydrogen (secondary N) is 1. The zero-order chi connectivity index (χ0) is 15.5.